The first-order chi connectivity index (χ1) is 11.6. The minimum Gasteiger partial charge on any atom is -0.493 e. The highest BCUT2D eigenvalue weighted by Gasteiger charge is 2.45. The number of likely N-dealkylation sites (tertiary alicyclic amines) is 1. The van der Waals surface area contributed by atoms with E-state index in [1.54, 1.807) is 11.3 Å². The van der Waals surface area contributed by atoms with Gasteiger partial charge >= 0.3 is 6.03 Å². The van der Waals surface area contributed by atoms with Gasteiger partial charge in [-0.3, -0.25) is 4.90 Å². The number of nitrogens with one attached hydrogen (secondary N) is 1. The van der Waals surface area contributed by atoms with Gasteiger partial charge in [-0.15, -0.1) is 0 Å². The summed E-state index contributed by atoms with van der Waals surface area (Å²) >= 11 is 1.60. The highest BCUT2D eigenvalue weighted by molar-refractivity contribution is 7.22. The molecule has 1 aromatic heterocycles. The Kier molecular flexibility index (Phi) is 3.06. The number of thiazole rings is 1. The number of piperidine rings is 1. The number of rotatable bonds is 1. The fourth-order valence-corrected chi connectivity index (χ4v) is 5.14. The van der Waals surface area contributed by atoms with E-state index in [2.05, 4.69) is 30.3 Å². The lowest BCUT2D eigenvalue weighted by Gasteiger charge is -2.38. The fourth-order valence-electron chi connectivity index (χ4n) is 4.09. The fraction of sp³-hybridized carbons (Fsp3) is 0.529. The lowest BCUT2D eigenvalue weighted by molar-refractivity contribution is 0.167. The summed E-state index contributed by atoms with van der Waals surface area (Å²) in [7, 11) is 2.13. The number of nitrogens with zero attached hydrogens (tertiary/aromatic N) is 3. The first-order valence-corrected chi connectivity index (χ1v) is 9.28. The van der Waals surface area contributed by atoms with Crippen molar-refractivity contribution in [1.82, 2.24) is 15.2 Å². The summed E-state index contributed by atoms with van der Waals surface area (Å²) in [5.41, 5.74) is 2.18. The molecule has 0 radical (unpaired) electrons. The number of carbonyl (C=O) groups is 1. The van der Waals surface area contributed by atoms with E-state index in [9.17, 15) is 4.79 Å². The molecular formula is C17H20N4O2S. The monoisotopic (exact) mass is 344 g/mol. The number of likely N-dealkylation sites (N-methyl/N-ethyl adjacent to an activating group) is 1. The molecule has 7 heteroatoms. The van der Waals surface area contributed by atoms with Gasteiger partial charge in [0.05, 0.1) is 28.9 Å². The molecule has 0 spiro atoms. The van der Waals surface area contributed by atoms with Crippen molar-refractivity contribution in [2.45, 2.75) is 37.9 Å². The van der Waals surface area contributed by atoms with Gasteiger partial charge in [-0.1, -0.05) is 11.3 Å². The van der Waals surface area contributed by atoms with Gasteiger partial charge in [0.1, 0.15) is 5.75 Å². The molecule has 6 nitrogen and oxygen atoms in total. The molecule has 2 aromatic rings. The summed E-state index contributed by atoms with van der Waals surface area (Å²) in [4.78, 5) is 21.6. The molecule has 3 aliphatic rings. The highest BCUT2D eigenvalue weighted by Crippen LogP contribution is 2.39. The van der Waals surface area contributed by atoms with Gasteiger partial charge in [0.15, 0.2) is 5.13 Å². The average Bonchev–Trinajstić information content (AvgIpc) is 3.22. The zero-order valence-electron chi connectivity index (χ0n) is 13.8. The van der Waals surface area contributed by atoms with Crippen LogP contribution in [0.15, 0.2) is 12.1 Å². The zero-order valence-corrected chi connectivity index (χ0v) is 14.6. The number of hydrogen-bond donors (Lipinski definition) is 1. The molecule has 24 heavy (non-hydrogen) atoms. The van der Waals surface area contributed by atoms with E-state index < -0.39 is 0 Å². The number of benzene rings is 1. The van der Waals surface area contributed by atoms with Gasteiger partial charge in [-0.25, -0.2) is 9.78 Å². The lowest BCUT2D eigenvalue weighted by Crippen LogP contribution is -2.53. The van der Waals surface area contributed by atoms with Crippen LogP contribution >= 0.6 is 11.3 Å². The third-order valence-corrected chi connectivity index (χ3v) is 6.59. The Balaban J connectivity index is 1.56. The van der Waals surface area contributed by atoms with Crippen molar-refractivity contribution in [2.75, 3.05) is 25.1 Å². The van der Waals surface area contributed by atoms with Crippen molar-refractivity contribution >= 4 is 32.7 Å². The molecule has 4 heterocycles. The Bertz CT molecular complexity index is 835. The second-order valence-corrected chi connectivity index (χ2v) is 8.01. The number of carbonyl (C=O) groups excluding carboxylic acids is 1. The van der Waals surface area contributed by atoms with Gasteiger partial charge in [-0.05, 0) is 32.5 Å². The third-order valence-electron chi connectivity index (χ3n) is 5.57. The Hall–Kier alpha value is -1.86. The van der Waals surface area contributed by atoms with Crippen LogP contribution in [0.25, 0.3) is 10.2 Å². The van der Waals surface area contributed by atoms with E-state index in [0.29, 0.717) is 6.04 Å². The number of ether oxygens (including phenoxy) is 1. The molecule has 3 atom stereocenters. The van der Waals surface area contributed by atoms with Crippen LogP contribution in [0.5, 0.6) is 5.75 Å². The topological polar surface area (TPSA) is 57.7 Å². The molecule has 2 amide bonds. The molecular weight excluding hydrogens is 324 g/mol. The number of fused-ring (bicyclic) bond motifs is 4. The van der Waals surface area contributed by atoms with E-state index in [4.69, 9.17) is 9.72 Å². The SMILES string of the molecule is C[C@@H]1C[C@@H]2NC(=O)N(c3nc4c5c(ccc4s3)OCC5)[C@@H]2CN1C. The highest BCUT2D eigenvalue weighted by atomic mass is 32.1. The third kappa shape index (κ3) is 1.97. The largest absolute Gasteiger partial charge is 0.493 e. The van der Waals surface area contributed by atoms with Crippen LogP contribution in [0, 0.1) is 0 Å². The summed E-state index contributed by atoms with van der Waals surface area (Å²) in [5, 5.41) is 3.96. The van der Waals surface area contributed by atoms with Crippen molar-refractivity contribution in [3.8, 4) is 5.75 Å². The summed E-state index contributed by atoms with van der Waals surface area (Å²) < 4.78 is 6.77. The summed E-state index contributed by atoms with van der Waals surface area (Å²) in [6.45, 7) is 3.81. The second kappa shape index (κ2) is 5.07. The van der Waals surface area contributed by atoms with E-state index >= 15 is 0 Å². The van der Waals surface area contributed by atoms with Crippen LogP contribution in [-0.4, -0.2) is 54.2 Å². The maximum absolute atomic E-state index is 12.6. The quantitative estimate of drug-likeness (QED) is 0.862. The van der Waals surface area contributed by atoms with Gasteiger partial charge in [0.25, 0.3) is 0 Å². The Morgan fingerprint density at radius 1 is 1.42 bits per heavy atom. The van der Waals surface area contributed by atoms with E-state index in [1.165, 1.54) is 5.56 Å². The van der Waals surface area contributed by atoms with Crippen LogP contribution in [0.1, 0.15) is 18.9 Å². The van der Waals surface area contributed by atoms with Crippen molar-refractivity contribution in [3.05, 3.63) is 17.7 Å². The smallest absolute Gasteiger partial charge is 0.324 e. The molecule has 0 unspecified atom stereocenters. The van der Waals surface area contributed by atoms with Crippen LogP contribution in [0.4, 0.5) is 9.93 Å². The van der Waals surface area contributed by atoms with Crippen LogP contribution < -0.4 is 15.0 Å². The molecule has 1 aromatic carbocycles. The Labute approximate surface area is 144 Å². The van der Waals surface area contributed by atoms with E-state index in [-0.39, 0.29) is 18.1 Å². The van der Waals surface area contributed by atoms with Crippen molar-refractivity contribution < 1.29 is 9.53 Å². The zero-order chi connectivity index (χ0) is 16.4. The maximum Gasteiger partial charge on any atom is 0.324 e. The van der Waals surface area contributed by atoms with Crippen molar-refractivity contribution in [3.63, 3.8) is 0 Å². The first-order valence-electron chi connectivity index (χ1n) is 8.47. The molecule has 3 aliphatic heterocycles. The normalized spacial score (nSPS) is 29.5. The number of amides is 2. The van der Waals surface area contributed by atoms with E-state index in [1.807, 2.05) is 11.0 Å². The van der Waals surface area contributed by atoms with Crippen LogP contribution in [0.2, 0.25) is 0 Å². The summed E-state index contributed by atoms with van der Waals surface area (Å²) in [6.07, 6.45) is 1.88. The molecule has 0 bridgehead atoms. The second-order valence-electron chi connectivity index (χ2n) is 7.00. The molecule has 0 saturated carbocycles. The molecule has 0 aliphatic carbocycles. The average molecular weight is 344 g/mol. The molecule has 126 valence electrons. The predicted octanol–water partition coefficient (Wildman–Crippen LogP) is 2.22. The van der Waals surface area contributed by atoms with Crippen LogP contribution in [-0.2, 0) is 6.42 Å². The molecule has 2 fully saturated rings. The van der Waals surface area contributed by atoms with Gasteiger partial charge in [0, 0.05) is 24.6 Å². The van der Waals surface area contributed by atoms with Crippen molar-refractivity contribution in [1.29, 1.82) is 0 Å². The first kappa shape index (κ1) is 14.5. The minimum absolute atomic E-state index is 0.0144. The standard InChI is InChI=1S/C17H20N4O2S/c1-9-7-11-12(8-20(9)2)21(16(22)18-11)17-19-15-10-5-6-23-13(10)3-4-14(15)24-17/h3-4,9,11-12H,5-8H2,1-2H3,(H,18,22)/t9-,11+,12-/m1/s1. The van der Waals surface area contributed by atoms with Crippen molar-refractivity contribution in [2.24, 2.45) is 0 Å². The number of hydrogen-bond acceptors (Lipinski definition) is 5. The lowest BCUT2D eigenvalue weighted by atomic mass is 9.95. The number of urea groups is 1. The number of anilines is 1. The predicted molar refractivity (Wildman–Crippen MR) is 94.1 cm³/mol. The maximum atomic E-state index is 12.6. The molecule has 5 rings (SSSR count). The summed E-state index contributed by atoms with van der Waals surface area (Å²) in [5.74, 6) is 0.939. The Morgan fingerprint density at radius 3 is 3.17 bits per heavy atom. The molecule has 1 N–H and O–H groups in total. The van der Waals surface area contributed by atoms with Gasteiger partial charge in [-0.2, -0.15) is 0 Å². The van der Waals surface area contributed by atoms with Gasteiger partial charge < -0.3 is 15.0 Å². The Morgan fingerprint density at radius 2 is 2.29 bits per heavy atom. The molecule has 2 saturated heterocycles. The minimum atomic E-state index is -0.0144. The summed E-state index contributed by atoms with van der Waals surface area (Å²) in [6, 6.07) is 4.92. The van der Waals surface area contributed by atoms with Crippen LogP contribution in [0.3, 0.4) is 0 Å². The van der Waals surface area contributed by atoms with E-state index in [0.717, 1.165) is 47.1 Å². The van der Waals surface area contributed by atoms with Gasteiger partial charge in [0.2, 0.25) is 0 Å². The number of aromatic nitrogens is 1.